The van der Waals surface area contributed by atoms with E-state index in [4.69, 9.17) is 21.1 Å². The summed E-state index contributed by atoms with van der Waals surface area (Å²) in [7, 11) is 1.66. The lowest BCUT2D eigenvalue weighted by atomic mass is 10.0. The number of aryl methyl sites for hydroxylation is 1. The summed E-state index contributed by atoms with van der Waals surface area (Å²) in [6, 6.07) is 3.88. The fourth-order valence-electron chi connectivity index (χ4n) is 1.88. The minimum absolute atomic E-state index is 0.0232. The van der Waals surface area contributed by atoms with E-state index in [9.17, 15) is 0 Å². The van der Waals surface area contributed by atoms with Gasteiger partial charge in [-0.2, -0.15) is 0 Å². The third-order valence-electron chi connectivity index (χ3n) is 2.77. The second-order valence-electron chi connectivity index (χ2n) is 3.91. The van der Waals surface area contributed by atoms with Crippen LogP contribution >= 0.6 is 11.6 Å². The van der Waals surface area contributed by atoms with Gasteiger partial charge in [0.2, 0.25) is 0 Å². The van der Waals surface area contributed by atoms with Crippen molar-refractivity contribution in [3.8, 4) is 5.75 Å². The number of rotatable bonds is 2. The molecular formula is C12H16ClNO2. The van der Waals surface area contributed by atoms with E-state index in [0.29, 0.717) is 0 Å². The molecule has 1 aliphatic rings. The van der Waals surface area contributed by atoms with E-state index in [2.05, 4.69) is 5.32 Å². The molecule has 16 heavy (non-hydrogen) atoms. The second kappa shape index (κ2) is 5.04. The average Bonchev–Trinajstić information content (AvgIpc) is 2.33. The number of hydrogen-bond acceptors (Lipinski definition) is 3. The molecule has 1 atom stereocenters. The number of ether oxygens (including phenoxy) is 2. The Morgan fingerprint density at radius 2 is 2.31 bits per heavy atom. The molecule has 0 amide bonds. The standard InChI is InChI=1S/C12H16ClNO2/c1-8-5-9(15-2)6-10(12(8)13)11-7-14-3-4-16-11/h5-6,11,14H,3-4,7H2,1-2H3. The van der Waals surface area contributed by atoms with Crippen molar-refractivity contribution in [3.05, 3.63) is 28.3 Å². The lowest BCUT2D eigenvalue weighted by molar-refractivity contribution is 0.0276. The molecule has 0 aromatic heterocycles. The lowest BCUT2D eigenvalue weighted by Crippen LogP contribution is -2.33. The van der Waals surface area contributed by atoms with Crippen LogP contribution in [0.5, 0.6) is 5.75 Å². The first-order valence-corrected chi connectivity index (χ1v) is 5.76. The third kappa shape index (κ3) is 2.32. The van der Waals surface area contributed by atoms with Crippen LogP contribution in [0.2, 0.25) is 5.02 Å². The Balaban J connectivity index is 2.33. The summed E-state index contributed by atoms with van der Waals surface area (Å²) in [6.45, 7) is 4.39. The van der Waals surface area contributed by atoms with Gasteiger partial charge in [-0.05, 0) is 24.6 Å². The first-order valence-electron chi connectivity index (χ1n) is 5.38. The molecule has 1 aliphatic heterocycles. The van der Waals surface area contributed by atoms with Crippen molar-refractivity contribution in [3.63, 3.8) is 0 Å². The molecule has 0 spiro atoms. The fourth-order valence-corrected chi connectivity index (χ4v) is 2.11. The molecule has 88 valence electrons. The van der Waals surface area contributed by atoms with Crippen molar-refractivity contribution in [1.82, 2.24) is 5.32 Å². The zero-order valence-electron chi connectivity index (χ0n) is 9.55. The number of morpholine rings is 1. The molecule has 2 rings (SSSR count). The largest absolute Gasteiger partial charge is 0.497 e. The molecule has 1 fully saturated rings. The number of benzene rings is 1. The van der Waals surface area contributed by atoms with Gasteiger partial charge in [0, 0.05) is 23.7 Å². The Hall–Kier alpha value is -0.770. The van der Waals surface area contributed by atoms with Gasteiger partial charge in [0.05, 0.1) is 19.8 Å². The van der Waals surface area contributed by atoms with Gasteiger partial charge in [-0.1, -0.05) is 11.6 Å². The number of methoxy groups -OCH3 is 1. The van der Waals surface area contributed by atoms with Gasteiger partial charge in [-0.15, -0.1) is 0 Å². The highest BCUT2D eigenvalue weighted by molar-refractivity contribution is 6.32. The summed E-state index contributed by atoms with van der Waals surface area (Å²) in [5, 5.41) is 4.07. The van der Waals surface area contributed by atoms with E-state index in [1.165, 1.54) is 0 Å². The van der Waals surface area contributed by atoms with Crippen LogP contribution in [-0.4, -0.2) is 26.8 Å². The van der Waals surface area contributed by atoms with Crippen molar-refractivity contribution in [1.29, 1.82) is 0 Å². The van der Waals surface area contributed by atoms with E-state index in [0.717, 1.165) is 41.6 Å². The average molecular weight is 242 g/mol. The maximum absolute atomic E-state index is 6.29. The quantitative estimate of drug-likeness (QED) is 0.862. The van der Waals surface area contributed by atoms with Crippen LogP contribution in [0.1, 0.15) is 17.2 Å². The summed E-state index contributed by atoms with van der Waals surface area (Å²) in [5.41, 5.74) is 2.02. The third-order valence-corrected chi connectivity index (χ3v) is 3.28. The molecule has 0 aliphatic carbocycles. The fraction of sp³-hybridized carbons (Fsp3) is 0.500. The zero-order valence-corrected chi connectivity index (χ0v) is 10.3. The number of halogens is 1. The topological polar surface area (TPSA) is 30.5 Å². The van der Waals surface area contributed by atoms with Crippen molar-refractivity contribution >= 4 is 11.6 Å². The molecule has 1 saturated heterocycles. The van der Waals surface area contributed by atoms with E-state index in [1.54, 1.807) is 7.11 Å². The Kier molecular flexibility index (Phi) is 3.69. The first-order chi connectivity index (χ1) is 7.72. The highest BCUT2D eigenvalue weighted by Gasteiger charge is 2.20. The van der Waals surface area contributed by atoms with E-state index in [1.807, 2.05) is 19.1 Å². The summed E-state index contributed by atoms with van der Waals surface area (Å²) >= 11 is 6.29. The van der Waals surface area contributed by atoms with Crippen molar-refractivity contribution < 1.29 is 9.47 Å². The van der Waals surface area contributed by atoms with Gasteiger partial charge in [0.25, 0.3) is 0 Å². The van der Waals surface area contributed by atoms with Crippen LogP contribution < -0.4 is 10.1 Å². The van der Waals surface area contributed by atoms with Crippen LogP contribution in [0.4, 0.5) is 0 Å². The SMILES string of the molecule is COc1cc(C)c(Cl)c(C2CNCCO2)c1. The molecular weight excluding hydrogens is 226 g/mol. The predicted octanol–water partition coefficient (Wildman–Crippen LogP) is 2.32. The minimum atomic E-state index is 0.0232. The normalized spacial score (nSPS) is 20.8. The van der Waals surface area contributed by atoms with Crippen molar-refractivity contribution in [2.45, 2.75) is 13.0 Å². The van der Waals surface area contributed by atoms with Crippen LogP contribution in [0.3, 0.4) is 0 Å². The number of nitrogens with one attached hydrogen (secondary N) is 1. The predicted molar refractivity (Wildman–Crippen MR) is 64.3 cm³/mol. The van der Waals surface area contributed by atoms with Crippen molar-refractivity contribution in [2.24, 2.45) is 0 Å². The van der Waals surface area contributed by atoms with Gasteiger partial charge in [-0.3, -0.25) is 0 Å². The highest BCUT2D eigenvalue weighted by Crippen LogP contribution is 2.32. The van der Waals surface area contributed by atoms with Gasteiger partial charge in [0.15, 0.2) is 0 Å². The zero-order chi connectivity index (χ0) is 11.5. The first kappa shape index (κ1) is 11.7. The smallest absolute Gasteiger partial charge is 0.119 e. The molecule has 0 bridgehead atoms. The summed E-state index contributed by atoms with van der Waals surface area (Å²) < 4.78 is 10.9. The maximum Gasteiger partial charge on any atom is 0.119 e. The molecule has 0 radical (unpaired) electrons. The van der Waals surface area contributed by atoms with Crippen LogP contribution in [0.25, 0.3) is 0 Å². The molecule has 3 nitrogen and oxygen atoms in total. The highest BCUT2D eigenvalue weighted by atomic mass is 35.5. The van der Waals surface area contributed by atoms with Crippen molar-refractivity contribution in [2.75, 3.05) is 26.8 Å². The Bertz CT molecular complexity index is 376. The van der Waals surface area contributed by atoms with Gasteiger partial charge in [0.1, 0.15) is 5.75 Å². The van der Waals surface area contributed by atoms with E-state index < -0.39 is 0 Å². The lowest BCUT2D eigenvalue weighted by Gasteiger charge is -2.25. The molecule has 0 saturated carbocycles. The van der Waals surface area contributed by atoms with E-state index >= 15 is 0 Å². The molecule has 1 unspecified atom stereocenters. The van der Waals surface area contributed by atoms with Gasteiger partial charge in [-0.25, -0.2) is 0 Å². The Morgan fingerprint density at radius 1 is 1.50 bits per heavy atom. The molecule has 1 aromatic carbocycles. The number of hydrogen-bond donors (Lipinski definition) is 1. The van der Waals surface area contributed by atoms with Crippen LogP contribution in [0, 0.1) is 6.92 Å². The monoisotopic (exact) mass is 241 g/mol. The van der Waals surface area contributed by atoms with E-state index in [-0.39, 0.29) is 6.10 Å². The molecule has 1 aromatic rings. The summed E-state index contributed by atoms with van der Waals surface area (Å²) in [5.74, 6) is 0.825. The maximum atomic E-state index is 6.29. The summed E-state index contributed by atoms with van der Waals surface area (Å²) in [6.07, 6.45) is 0.0232. The molecule has 1 heterocycles. The molecule has 1 N–H and O–H groups in total. The summed E-state index contributed by atoms with van der Waals surface area (Å²) in [4.78, 5) is 0. The molecule has 4 heteroatoms. The van der Waals surface area contributed by atoms with Crippen LogP contribution in [-0.2, 0) is 4.74 Å². The van der Waals surface area contributed by atoms with Gasteiger partial charge >= 0.3 is 0 Å². The van der Waals surface area contributed by atoms with Crippen LogP contribution in [0.15, 0.2) is 12.1 Å². The minimum Gasteiger partial charge on any atom is -0.497 e. The Morgan fingerprint density at radius 3 is 2.94 bits per heavy atom. The Labute approximate surface area is 101 Å². The second-order valence-corrected chi connectivity index (χ2v) is 4.29. The van der Waals surface area contributed by atoms with Gasteiger partial charge < -0.3 is 14.8 Å².